The van der Waals surface area contributed by atoms with Crippen LogP contribution in [0.3, 0.4) is 0 Å². The Morgan fingerprint density at radius 2 is 1.95 bits per heavy atom. The van der Waals surface area contributed by atoms with E-state index in [1.807, 2.05) is 6.07 Å². The normalized spacial score (nSPS) is 31.9. The molecule has 0 radical (unpaired) electrons. The minimum Gasteiger partial charge on any atom is -0.493 e. The molecule has 4 nitrogen and oxygen atoms in total. The Hall–Kier alpha value is -1.55. The highest BCUT2D eigenvalue weighted by molar-refractivity contribution is 5.83. The second-order valence-electron chi connectivity index (χ2n) is 6.75. The van der Waals surface area contributed by atoms with Crippen molar-refractivity contribution in [3.05, 3.63) is 23.8 Å². The number of hydrogen-bond donors (Lipinski definition) is 0. The van der Waals surface area contributed by atoms with Crippen molar-refractivity contribution in [3.8, 4) is 11.5 Å². The summed E-state index contributed by atoms with van der Waals surface area (Å²) in [5.74, 6) is 2.06. The average Bonchev–Trinajstić information content (AvgIpc) is 2.85. The standard InChI is InChI=1S/C18H25NO3/c1-12-11-18(7-8-19(2)17(18)10-14(12)20)13-5-6-15(21-3)16(9-13)22-4/h5-6,9,12,17H,7-8,10-11H2,1-4H3. The van der Waals surface area contributed by atoms with E-state index in [1.165, 1.54) is 5.56 Å². The van der Waals surface area contributed by atoms with Crippen LogP contribution in [0.25, 0.3) is 0 Å². The molecule has 1 aromatic rings. The van der Waals surface area contributed by atoms with Crippen LogP contribution < -0.4 is 9.47 Å². The van der Waals surface area contributed by atoms with Crippen molar-refractivity contribution in [1.29, 1.82) is 0 Å². The van der Waals surface area contributed by atoms with E-state index < -0.39 is 0 Å². The number of likely N-dealkylation sites (N-methyl/N-ethyl adjacent to an activating group) is 1. The quantitative estimate of drug-likeness (QED) is 0.860. The summed E-state index contributed by atoms with van der Waals surface area (Å²) >= 11 is 0. The summed E-state index contributed by atoms with van der Waals surface area (Å²) in [6.07, 6.45) is 2.68. The zero-order valence-corrected chi connectivity index (χ0v) is 13.9. The number of ether oxygens (including phenoxy) is 2. The van der Waals surface area contributed by atoms with Gasteiger partial charge in [0.25, 0.3) is 0 Å². The highest BCUT2D eigenvalue weighted by Crippen LogP contribution is 2.50. The average molecular weight is 303 g/mol. The summed E-state index contributed by atoms with van der Waals surface area (Å²) in [6.45, 7) is 3.11. The lowest BCUT2D eigenvalue weighted by Crippen LogP contribution is -2.48. The first-order valence-corrected chi connectivity index (χ1v) is 7.97. The molecule has 1 aliphatic heterocycles. The Labute approximate surface area is 132 Å². The molecule has 120 valence electrons. The van der Waals surface area contributed by atoms with Crippen LogP contribution in [0.2, 0.25) is 0 Å². The first-order valence-electron chi connectivity index (χ1n) is 7.97. The summed E-state index contributed by atoms with van der Waals surface area (Å²) < 4.78 is 10.8. The fourth-order valence-electron chi connectivity index (χ4n) is 4.36. The summed E-state index contributed by atoms with van der Waals surface area (Å²) in [4.78, 5) is 14.6. The third kappa shape index (κ3) is 2.21. The Balaban J connectivity index is 2.05. The van der Waals surface area contributed by atoms with Crippen LogP contribution in [-0.2, 0) is 10.2 Å². The van der Waals surface area contributed by atoms with Crippen LogP contribution >= 0.6 is 0 Å². The maximum atomic E-state index is 12.2. The predicted molar refractivity (Wildman–Crippen MR) is 85.7 cm³/mol. The van der Waals surface area contributed by atoms with Gasteiger partial charge in [0.2, 0.25) is 0 Å². The fraction of sp³-hybridized carbons (Fsp3) is 0.611. The van der Waals surface area contributed by atoms with Gasteiger partial charge in [0.1, 0.15) is 5.78 Å². The molecular weight excluding hydrogens is 278 g/mol. The van der Waals surface area contributed by atoms with E-state index in [1.54, 1.807) is 14.2 Å². The van der Waals surface area contributed by atoms with Crippen molar-refractivity contribution in [1.82, 2.24) is 4.90 Å². The molecule has 0 bridgehead atoms. The molecule has 3 atom stereocenters. The molecule has 2 aliphatic rings. The number of methoxy groups -OCH3 is 2. The van der Waals surface area contributed by atoms with Crippen molar-refractivity contribution < 1.29 is 14.3 Å². The predicted octanol–water partition coefficient (Wildman–Crippen LogP) is 2.64. The molecule has 1 aliphatic carbocycles. The van der Waals surface area contributed by atoms with Gasteiger partial charge in [-0.15, -0.1) is 0 Å². The molecule has 2 fully saturated rings. The van der Waals surface area contributed by atoms with Crippen LogP contribution in [0.4, 0.5) is 0 Å². The Kier molecular flexibility index (Phi) is 3.89. The van der Waals surface area contributed by atoms with Gasteiger partial charge in [-0.25, -0.2) is 0 Å². The molecule has 3 unspecified atom stereocenters. The van der Waals surface area contributed by atoms with Crippen molar-refractivity contribution in [2.75, 3.05) is 27.8 Å². The van der Waals surface area contributed by atoms with Gasteiger partial charge in [-0.1, -0.05) is 13.0 Å². The van der Waals surface area contributed by atoms with Gasteiger partial charge < -0.3 is 14.4 Å². The molecule has 1 saturated heterocycles. The summed E-state index contributed by atoms with van der Waals surface area (Å²) in [5.41, 5.74) is 1.33. The lowest BCUT2D eigenvalue weighted by atomic mass is 9.63. The number of likely N-dealkylation sites (tertiary alicyclic amines) is 1. The maximum absolute atomic E-state index is 12.2. The summed E-state index contributed by atoms with van der Waals surface area (Å²) in [6, 6.07) is 6.54. The van der Waals surface area contributed by atoms with Gasteiger partial charge in [-0.05, 0) is 44.1 Å². The molecule has 1 aromatic carbocycles. The molecule has 1 saturated carbocycles. The lowest BCUT2D eigenvalue weighted by Gasteiger charge is -2.43. The number of rotatable bonds is 3. The number of carbonyl (C=O) groups is 1. The van der Waals surface area contributed by atoms with E-state index in [4.69, 9.17) is 9.47 Å². The fourth-order valence-corrected chi connectivity index (χ4v) is 4.36. The van der Waals surface area contributed by atoms with Crippen molar-refractivity contribution in [2.45, 2.75) is 37.6 Å². The van der Waals surface area contributed by atoms with Crippen molar-refractivity contribution >= 4 is 5.78 Å². The number of fused-ring (bicyclic) bond motifs is 1. The van der Waals surface area contributed by atoms with Crippen molar-refractivity contribution in [3.63, 3.8) is 0 Å². The molecule has 1 heterocycles. The van der Waals surface area contributed by atoms with E-state index in [2.05, 4.69) is 31.0 Å². The van der Waals surface area contributed by atoms with Crippen LogP contribution in [-0.4, -0.2) is 44.5 Å². The number of nitrogens with zero attached hydrogens (tertiary/aromatic N) is 1. The zero-order chi connectivity index (χ0) is 15.9. The monoisotopic (exact) mass is 303 g/mol. The van der Waals surface area contributed by atoms with E-state index in [9.17, 15) is 4.79 Å². The molecule has 0 spiro atoms. The zero-order valence-electron chi connectivity index (χ0n) is 13.9. The van der Waals surface area contributed by atoms with Crippen LogP contribution in [0.5, 0.6) is 11.5 Å². The summed E-state index contributed by atoms with van der Waals surface area (Å²) in [5, 5.41) is 0. The van der Waals surface area contributed by atoms with Gasteiger partial charge >= 0.3 is 0 Å². The Bertz CT molecular complexity index is 586. The van der Waals surface area contributed by atoms with Gasteiger partial charge in [-0.3, -0.25) is 4.79 Å². The Morgan fingerprint density at radius 1 is 1.23 bits per heavy atom. The van der Waals surface area contributed by atoms with Crippen molar-refractivity contribution in [2.24, 2.45) is 5.92 Å². The molecule has 0 aromatic heterocycles. The molecule has 4 heteroatoms. The summed E-state index contributed by atoms with van der Waals surface area (Å²) in [7, 11) is 5.46. The molecule has 0 N–H and O–H groups in total. The maximum Gasteiger partial charge on any atom is 0.161 e. The SMILES string of the molecule is COc1ccc(C23CCN(C)C2CC(=O)C(C)C3)cc1OC. The number of hydrogen-bond acceptors (Lipinski definition) is 4. The molecular formula is C18H25NO3. The lowest BCUT2D eigenvalue weighted by molar-refractivity contribution is -0.127. The third-order valence-electron chi connectivity index (χ3n) is 5.65. The number of benzene rings is 1. The molecule has 22 heavy (non-hydrogen) atoms. The smallest absolute Gasteiger partial charge is 0.161 e. The first-order chi connectivity index (χ1) is 10.5. The van der Waals surface area contributed by atoms with Gasteiger partial charge in [0.15, 0.2) is 11.5 Å². The van der Waals surface area contributed by atoms with Crippen LogP contribution in [0.1, 0.15) is 31.7 Å². The number of carbonyl (C=O) groups excluding carboxylic acids is 1. The number of ketones is 1. The van der Waals surface area contributed by atoms with E-state index in [-0.39, 0.29) is 11.3 Å². The second kappa shape index (κ2) is 5.58. The highest BCUT2D eigenvalue weighted by atomic mass is 16.5. The van der Waals surface area contributed by atoms with Gasteiger partial charge in [-0.2, -0.15) is 0 Å². The van der Waals surface area contributed by atoms with E-state index in [0.717, 1.165) is 30.9 Å². The first kappa shape index (κ1) is 15.3. The number of Topliss-reactive ketones (excluding diaryl/α,β-unsaturated/α-hetero) is 1. The highest BCUT2D eigenvalue weighted by Gasteiger charge is 2.52. The van der Waals surface area contributed by atoms with E-state index in [0.29, 0.717) is 18.2 Å². The third-order valence-corrected chi connectivity index (χ3v) is 5.65. The topological polar surface area (TPSA) is 38.8 Å². The minimum absolute atomic E-state index is 0.0572. The molecule has 3 rings (SSSR count). The van der Waals surface area contributed by atoms with Gasteiger partial charge in [0.05, 0.1) is 14.2 Å². The van der Waals surface area contributed by atoms with E-state index >= 15 is 0 Å². The Morgan fingerprint density at radius 3 is 2.64 bits per heavy atom. The van der Waals surface area contributed by atoms with Crippen LogP contribution in [0.15, 0.2) is 18.2 Å². The van der Waals surface area contributed by atoms with Gasteiger partial charge in [0, 0.05) is 23.8 Å². The minimum atomic E-state index is 0.0572. The second-order valence-corrected chi connectivity index (χ2v) is 6.75. The molecule has 0 amide bonds. The van der Waals surface area contributed by atoms with Crippen LogP contribution in [0, 0.1) is 5.92 Å². The largest absolute Gasteiger partial charge is 0.493 e.